The van der Waals surface area contributed by atoms with E-state index in [9.17, 15) is 4.39 Å². The number of fused-ring (bicyclic) bond motifs is 1. The lowest BCUT2D eigenvalue weighted by Gasteiger charge is -2.28. The van der Waals surface area contributed by atoms with E-state index in [2.05, 4.69) is 17.6 Å². The van der Waals surface area contributed by atoms with Crippen LogP contribution in [0.5, 0.6) is 0 Å². The summed E-state index contributed by atoms with van der Waals surface area (Å²) in [5.74, 6) is -0.181. The van der Waals surface area contributed by atoms with Crippen molar-refractivity contribution in [3.63, 3.8) is 0 Å². The highest BCUT2D eigenvalue weighted by Gasteiger charge is 2.16. The minimum absolute atomic E-state index is 0.181. The molecule has 1 heterocycles. The van der Waals surface area contributed by atoms with Crippen LogP contribution in [-0.2, 0) is 0 Å². The van der Waals surface area contributed by atoms with Crippen molar-refractivity contribution >= 4 is 11.4 Å². The summed E-state index contributed by atoms with van der Waals surface area (Å²) in [5.41, 5.74) is 1.89. The molecule has 0 amide bonds. The zero-order valence-corrected chi connectivity index (χ0v) is 9.02. The zero-order valence-electron chi connectivity index (χ0n) is 9.02. The van der Waals surface area contributed by atoms with Gasteiger partial charge in [0, 0.05) is 12.6 Å². The molecule has 15 heavy (non-hydrogen) atoms. The van der Waals surface area contributed by atoms with E-state index < -0.39 is 0 Å². The fraction of sp³-hybridized carbons (Fsp3) is 0.500. The molecule has 0 aromatic heterocycles. The largest absolute Gasteiger partial charge is 0.381 e. The van der Waals surface area contributed by atoms with Crippen LogP contribution < -0.4 is 10.6 Å². The molecule has 1 aromatic carbocycles. The van der Waals surface area contributed by atoms with E-state index in [-0.39, 0.29) is 5.82 Å². The molecule has 1 aliphatic rings. The molecule has 0 fully saturated rings. The summed E-state index contributed by atoms with van der Waals surface area (Å²) in [6.45, 7) is 3.11. The standard InChI is InChI=1S/C12H17FN2/c1-2-3-4-10-8-14-11-6-5-9(13)7-12(11)15-10/h5-7,10,14-15H,2-4,8H2,1H3. The SMILES string of the molecule is CCCCC1CNc2ccc(F)cc2N1. The maximum absolute atomic E-state index is 13.0. The van der Waals surface area contributed by atoms with Crippen LogP contribution in [0.15, 0.2) is 18.2 Å². The Labute approximate surface area is 89.9 Å². The molecular weight excluding hydrogens is 191 g/mol. The van der Waals surface area contributed by atoms with Crippen molar-refractivity contribution in [2.45, 2.75) is 32.2 Å². The summed E-state index contributed by atoms with van der Waals surface area (Å²) in [7, 11) is 0. The van der Waals surface area contributed by atoms with E-state index in [1.165, 1.54) is 18.9 Å². The number of benzene rings is 1. The number of rotatable bonds is 3. The Morgan fingerprint density at radius 1 is 1.40 bits per heavy atom. The van der Waals surface area contributed by atoms with Crippen LogP contribution >= 0.6 is 0 Å². The molecule has 2 rings (SSSR count). The first kappa shape index (κ1) is 10.3. The van der Waals surface area contributed by atoms with Gasteiger partial charge in [0.25, 0.3) is 0 Å². The molecule has 1 atom stereocenters. The number of hydrogen-bond donors (Lipinski definition) is 2. The summed E-state index contributed by atoms with van der Waals surface area (Å²) in [6.07, 6.45) is 3.55. The van der Waals surface area contributed by atoms with E-state index in [0.717, 1.165) is 24.3 Å². The summed E-state index contributed by atoms with van der Waals surface area (Å²) in [5, 5.41) is 6.69. The molecule has 2 nitrogen and oxygen atoms in total. The fourth-order valence-electron chi connectivity index (χ4n) is 1.92. The van der Waals surface area contributed by atoms with Gasteiger partial charge in [0.2, 0.25) is 0 Å². The van der Waals surface area contributed by atoms with Crippen molar-refractivity contribution in [2.24, 2.45) is 0 Å². The lowest BCUT2D eigenvalue weighted by Crippen LogP contribution is -2.32. The molecule has 0 bridgehead atoms. The molecule has 2 N–H and O–H groups in total. The van der Waals surface area contributed by atoms with E-state index in [4.69, 9.17) is 0 Å². The van der Waals surface area contributed by atoms with Crippen LogP contribution in [0, 0.1) is 5.82 Å². The first-order valence-electron chi connectivity index (χ1n) is 5.59. The van der Waals surface area contributed by atoms with Crippen LogP contribution in [0.3, 0.4) is 0 Å². The lowest BCUT2D eigenvalue weighted by atomic mass is 10.1. The molecule has 0 spiro atoms. The van der Waals surface area contributed by atoms with Crippen molar-refractivity contribution in [2.75, 3.05) is 17.2 Å². The molecule has 1 unspecified atom stereocenters. The summed E-state index contributed by atoms with van der Waals surface area (Å²) < 4.78 is 13.0. The maximum Gasteiger partial charge on any atom is 0.125 e. The van der Waals surface area contributed by atoms with Gasteiger partial charge in [-0.1, -0.05) is 19.8 Å². The third-order valence-corrected chi connectivity index (χ3v) is 2.79. The smallest absolute Gasteiger partial charge is 0.125 e. The minimum atomic E-state index is -0.181. The molecule has 0 aliphatic carbocycles. The molecule has 82 valence electrons. The van der Waals surface area contributed by atoms with Gasteiger partial charge in [-0.3, -0.25) is 0 Å². The average molecular weight is 208 g/mol. The highest BCUT2D eigenvalue weighted by molar-refractivity contribution is 5.71. The van der Waals surface area contributed by atoms with Crippen molar-refractivity contribution in [3.05, 3.63) is 24.0 Å². The number of hydrogen-bond acceptors (Lipinski definition) is 2. The Balaban J connectivity index is 2.05. The van der Waals surface area contributed by atoms with Gasteiger partial charge in [-0.05, 0) is 24.6 Å². The van der Waals surface area contributed by atoms with E-state index >= 15 is 0 Å². The highest BCUT2D eigenvalue weighted by atomic mass is 19.1. The third-order valence-electron chi connectivity index (χ3n) is 2.79. The lowest BCUT2D eigenvalue weighted by molar-refractivity contribution is 0.611. The number of anilines is 2. The monoisotopic (exact) mass is 208 g/mol. The van der Waals surface area contributed by atoms with Crippen LogP contribution in [-0.4, -0.2) is 12.6 Å². The molecular formula is C12H17FN2. The summed E-state index contributed by atoms with van der Waals surface area (Å²) >= 11 is 0. The van der Waals surface area contributed by atoms with Gasteiger partial charge < -0.3 is 10.6 Å². The predicted molar refractivity (Wildman–Crippen MR) is 61.8 cm³/mol. The topological polar surface area (TPSA) is 24.1 Å². The van der Waals surface area contributed by atoms with E-state index in [1.54, 1.807) is 12.1 Å². The van der Waals surface area contributed by atoms with Gasteiger partial charge in [-0.25, -0.2) is 4.39 Å². The van der Waals surface area contributed by atoms with E-state index in [1.807, 2.05) is 0 Å². The van der Waals surface area contributed by atoms with Gasteiger partial charge in [-0.15, -0.1) is 0 Å². The normalized spacial score (nSPS) is 18.9. The minimum Gasteiger partial charge on any atom is -0.381 e. The first-order chi connectivity index (χ1) is 7.29. The van der Waals surface area contributed by atoms with Crippen molar-refractivity contribution in [1.29, 1.82) is 0 Å². The van der Waals surface area contributed by atoms with Crippen molar-refractivity contribution in [3.8, 4) is 0 Å². The molecule has 1 aromatic rings. The van der Waals surface area contributed by atoms with Crippen LogP contribution in [0.4, 0.5) is 15.8 Å². The highest BCUT2D eigenvalue weighted by Crippen LogP contribution is 2.27. The molecule has 0 radical (unpaired) electrons. The third kappa shape index (κ3) is 2.41. The second kappa shape index (κ2) is 4.51. The maximum atomic E-state index is 13.0. The average Bonchev–Trinajstić information content (AvgIpc) is 2.25. The number of nitrogens with one attached hydrogen (secondary N) is 2. The summed E-state index contributed by atoms with van der Waals surface area (Å²) in [4.78, 5) is 0. The van der Waals surface area contributed by atoms with Gasteiger partial charge in [0.1, 0.15) is 5.82 Å². The Morgan fingerprint density at radius 2 is 2.27 bits per heavy atom. The van der Waals surface area contributed by atoms with E-state index in [0.29, 0.717) is 6.04 Å². The quantitative estimate of drug-likeness (QED) is 0.797. The van der Waals surface area contributed by atoms with Gasteiger partial charge in [0.15, 0.2) is 0 Å². The number of unbranched alkanes of at least 4 members (excludes halogenated alkanes) is 1. The van der Waals surface area contributed by atoms with Crippen LogP contribution in [0.25, 0.3) is 0 Å². The first-order valence-corrected chi connectivity index (χ1v) is 5.59. The molecule has 0 saturated heterocycles. The molecule has 0 saturated carbocycles. The molecule has 3 heteroatoms. The second-order valence-corrected chi connectivity index (χ2v) is 4.05. The van der Waals surface area contributed by atoms with Crippen LogP contribution in [0.2, 0.25) is 0 Å². The summed E-state index contributed by atoms with van der Waals surface area (Å²) in [6, 6.07) is 5.26. The van der Waals surface area contributed by atoms with Gasteiger partial charge in [0.05, 0.1) is 11.4 Å². The molecule has 1 aliphatic heterocycles. The number of halogens is 1. The second-order valence-electron chi connectivity index (χ2n) is 4.05. The van der Waals surface area contributed by atoms with Crippen molar-refractivity contribution in [1.82, 2.24) is 0 Å². The van der Waals surface area contributed by atoms with Crippen molar-refractivity contribution < 1.29 is 4.39 Å². The Morgan fingerprint density at radius 3 is 3.07 bits per heavy atom. The Kier molecular flexibility index (Phi) is 3.09. The van der Waals surface area contributed by atoms with Crippen LogP contribution in [0.1, 0.15) is 26.2 Å². The Bertz CT molecular complexity index is 338. The zero-order chi connectivity index (χ0) is 10.7. The predicted octanol–water partition coefficient (Wildman–Crippen LogP) is 3.22. The van der Waals surface area contributed by atoms with Gasteiger partial charge in [-0.2, -0.15) is 0 Å². The fourth-order valence-corrected chi connectivity index (χ4v) is 1.92. The Hall–Kier alpha value is -1.25. The van der Waals surface area contributed by atoms with Gasteiger partial charge >= 0.3 is 0 Å².